The van der Waals surface area contributed by atoms with Gasteiger partial charge < -0.3 is 14.6 Å². The number of aryl methyl sites for hydroxylation is 1. The maximum Gasteiger partial charge on any atom is 0.243 e. The van der Waals surface area contributed by atoms with Crippen molar-refractivity contribution in [3.63, 3.8) is 0 Å². The highest BCUT2D eigenvalue weighted by Gasteiger charge is 2.33. The van der Waals surface area contributed by atoms with Gasteiger partial charge in [-0.25, -0.2) is 8.42 Å². The Morgan fingerprint density at radius 2 is 1.93 bits per heavy atom. The van der Waals surface area contributed by atoms with Gasteiger partial charge >= 0.3 is 0 Å². The normalized spacial score (nSPS) is 18.4. The molecule has 1 aromatic heterocycles. The molecule has 2 aliphatic heterocycles. The van der Waals surface area contributed by atoms with Crippen molar-refractivity contribution < 1.29 is 13.2 Å². The molecule has 154 valence electrons. The second kappa shape index (κ2) is 8.36. The van der Waals surface area contributed by atoms with Gasteiger partial charge in [0, 0.05) is 32.1 Å². The molecule has 0 bridgehead atoms. The minimum absolute atomic E-state index is 0. The van der Waals surface area contributed by atoms with Gasteiger partial charge in [0.2, 0.25) is 10.0 Å². The second-order valence-corrected chi connectivity index (χ2v) is 9.02. The van der Waals surface area contributed by atoms with Gasteiger partial charge in [-0.05, 0) is 43.5 Å². The van der Waals surface area contributed by atoms with E-state index < -0.39 is 10.0 Å². The molecule has 1 fully saturated rings. The number of nitrogens with one attached hydrogen (secondary N) is 1. The van der Waals surface area contributed by atoms with Gasteiger partial charge in [-0.2, -0.15) is 4.31 Å². The van der Waals surface area contributed by atoms with E-state index in [1.807, 2.05) is 0 Å². The third kappa shape index (κ3) is 3.76. The number of fused-ring (bicyclic) bond motifs is 1. The number of ether oxygens (including phenoxy) is 1. The third-order valence-corrected chi connectivity index (χ3v) is 7.53. The van der Waals surface area contributed by atoms with Crippen molar-refractivity contribution in [2.45, 2.75) is 43.7 Å². The number of methoxy groups -OCH3 is 1. The molecular formula is C18H26ClN5O3S. The molecule has 1 N–H and O–H groups in total. The van der Waals surface area contributed by atoms with Crippen LogP contribution in [0, 0.1) is 6.92 Å². The number of hydrogen-bond donors (Lipinski definition) is 1. The molecule has 28 heavy (non-hydrogen) atoms. The fourth-order valence-electron chi connectivity index (χ4n) is 3.95. The fourth-order valence-corrected chi connectivity index (χ4v) is 5.62. The SMILES string of the molecule is COc1ccc(S(=O)(=O)N2CCC(c3nnc4n3CCNC4)CC2)c(C)c1.Cl. The molecule has 2 aromatic rings. The first-order valence-corrected chi connectivity index (χ1v) is 10.7. The molecule has 0 radical (unpaired) electrons. The Kier molecular flexibility index (Phi) is 6.28. The monoisotopic (exact) mass is 427 g/mol. The maximum atomic E-state index is 13.1. The highest BCUT2D eigenvalue weighted by atomic mass is 35.5. The van der Waals surface area contributed by atoms with Crippen LogP contribution in [0.15, 0.2) is 23.1 Å². The first kappa shape index (κ1) is 21.0. The summed E-state index contributed by atoms with van der Waals surface area (Å²) in [6, 6.07) is 5.09. The largest absolute Gasteiger partial charge is 0.497 e. The zero-order chi connectivity index (χ0) is 19.0. The number of aromatic nitrogens is 3. The highest BCUT2D eigenvalue weighted by molar-refractivity contribution is 7.89. The molecule has 4 rings (SSSR count). The van der Waals surface area contributed by atoms with Crippen LogP contribution in [0.5, 0.6) is 5.75 Å². The number of sulfonamides is 1. The standard InChI is InChI=1S/C18H25N5O3S.ClH/c1-13-11-15(26-2)3-4-16(13)27(24,25)22-8-5-14(6-9-22)18-21-20-17-12-19-7-10-23(17)18;/h3-4,11,14,19H,5-10,12H2,1-2H3;1H. The predicted molar refractivity (Wildman–Crippen MR) is 107 cm³/mol. The smallest absolute Gasteiger partial charge is 0.243 e. The first-order valence-electron chi connectivity index (χ1n) is 9.28. The molecule has 10 heteroatoms. The van der Waals surface area contributed by atoms with Gasteiger partial charge in [0.1, 0.15) is 17.4 Å². The first-order chi connectivity index (χ1) is 13.0. The van der Waals surface area contributed by atoms with Crippen molar-refractivity contribution >= 4 is 22.4 Å². The quantitative estimate of drug-likeness (QED) is 0.798. The lowest BCUT2D eigenvalue weighted by atomic mass is 9.97. The molecule has 0 saturated carbocycles. The molecule has 0 unspecified atom stereocenters. The Morgan fingerprint density at radius 1 is 1.18 bits per heavy atom. The van der Waals surface area contributed by atoms with E-state index in [2.05, 4.69) is 20.1 Å². The van der Waals surface area contributed by atoms with Crippen molar-refractivity contribution in [2.24, 2.45) is 0 Å². The van der Waals surface area contributed by atoms with Crippen molar-refractivity contribution in [3.8, 4) is 5.75 Å². The lowest BCUT2D eigenvalue weighted by molar-refractivity contribution is 0.307. The Bertz CT molecular complexity index is 939. The molecular weight excluding hydrogens is 402 g/mol. The van der Waals surface area contributed by atoms with Crippen LogP contribution in [0.25, 0.3) is 0 Å². The van der Waals surface area contributed by atoms with Crippen molar-refractivity contribution in [1.29, 1.82) is 0 Å². The van der Waals surface area contributed by atoms with Gasteiger partial charge in [0.05, 0.1) is 18.6 Å². The number of benzene rings is 1. The summed E-state index contributed by atoms with van der Waals surface area (Å²) in [6.07, 6.45) is 1.53. The maximum absolute atomic E-state index is 13.1. The van der Waals surface area contributed by atoms with Crippen molar-refractivity contribution in [2.75, 3.05) is 26.7 Å². The number of piperidine rings is 1. The molecule has 3 heterocycles. The minimum Gasteiger partial charge on any atom is -0.497 e. The summed E-state index contributed by atoms with van der Waals surface area (Å²) in [5.41, 5.74) is 0.704. The number of hydrogen-bond acceptors (Lipinski definition) is 6. The van der Waals surface area contributed by atoms with E-state index in [0.717, 1.165) is 44.1 Å². The molecule has 8 nitrogen and oxygen atoms in total. The van der Waals surface area contributed by atoms with Gasteiger partial charge in [-0.15, -0.1) is 22.6 Å². The lowest BCUT2D eigenvalue weighted by Crippen LogP contribution is -2.39. The Balaban J connectivity index is 0.00000225. The van der Waals surface area contributed by atoms with Gasteiger partial charge in [0.15, 0.2) is 0 Å². The zero-order valence-corrected chi connectivity index (χ0v) is 17.7. The van der Waals surface area contributed by atoms with Crippen LogP contribution in [0.3, 0.4) is 0 Å². The zero-order valence-electron chi connectivity index (χ0n) is 16.1. The van der Waals surface area contributed by atoms with Crippen LogP contribution in [-0.4, -0.2) is 54.2 Å². The topological polar surface area (TPSA) is 89.4 Å². The van der Waals surface area contributed by atoms with Crippen LogP contribution >= 0.6 is 12.4 Å². The summed E-state index contributed by atoms with van der Waals surface area (Å²) in [5.74, 6) is 2.90. The lowest BCUT2D eigenvalue weighted by Gasteiger charge is -2.31. The number of halogens is 1. The van der Waals surface area contributed by atoms with E-state index in [1.54, 1.807) is 36.5 Å². The van der Waals surface area contributed by atoms with E-state index in [0.29, 0.717) is 29.3 Å². The number of nitrogens with zero attached hydrogens (tertiary/aromatic N) is 4. The van der Waals surface area contributed by atoms with Gasteiger partial charge in [-0.1, -0.05) is 0 Å². The van der Waals surface area contributed by atoms with Crippen molar-refractivity contribution in [3.05, 3.63) is 35.4 Å². The van der Waals surface area contributed by atoms with Crippen LogP contribution in [-0.2, 0) is 23.1 Å². The molecule has 0 spiro atoms. The summed E-state index contributed by atoms with van der Waals surface area (Å²) in [6.45, 7) is 5.34. The van der Waals surface area contributed by atoms with Crippen LogP contribution < -0.4 is 10.1 Å². The van der Waals surface area contributed by atoms with E-state index in [9.17, 15) is 8.42 Å². The molecule has 1 saturated heterocycles. The average molecular weight is 428 g/mol. The van der Waals surface area contributed by atoms with E-state index in [4.69, 9.17) is 4.74 Å². The van der Waals surface area contributed by atoms with Gasteiger partial charge in [0.25, 0.3) is 0 Å². The second-order valence-electron chi connectivity index (χ2n) is 7.11. The fraction of sp³-hybridized carbons (Fsp3) is 0.556. The molecule has 0 aliphatic carbocycles. The van der Waals surface area contributed by atoms with E-state index in [-0.39, 0.29) is 18.3 Å². The van der Waals surface area contributed by atoms with E-state index in [1.165, 1.54) is 0 Å². The third-order valence-electron chi connectivity index (χ3n) is 5.47. The number of rotatable bonds is 4. The van der Waals surface area contributed by atoms with E-state index >= 15 is 0 Å². The Hall–Kier alpha value is -1.68. The Labute approximate surface area is 171 Å². The predicted octanol–water partition coefficient (Wildman–Crippen LogP) is 1.69. The highest BCUT2D eigenvalue weighted by Crippen LogP contribution is 2.32. The molecule has 1 aromatic carbocycles. The summed E-state index contributed by atoms with van der Waals surface area (Å²) >= 11 is 0. The van der Waals surface area contributed by atoms with Crippen LogP contribution in [0.2, 0.25) is 0 Å². The van der Waals surface area contributed by atoms with Gasteiger partial charge in [-0.3, -0.25) is 0 Å². The van der Waals surface area contributed by atoms with Crippen LogP contribution in [0.1, 0.15) is 36.0 Å². The molecule has 0 atom stereocenters. The average Bonchev–Trinajstić information content (AvgIpc) is 3.12. The summed E-state index contributed by atoms with van der Waals surface area (Å²) in [4.78, 5) is 0.354. The molecule has 0 amide bonds. The minimum atomic E-state index is -3.50. The van der Waals surface area contributed by atoms with Crippen molar-refractivity contribution in [1.82, 2.24) is 24.4 Å². The summed E-state index contributed by atoms with van der Waals surface area (Å²) in [5, 5.41) is 12.0. The summed E-state index contributed by atoms with van der Waals surface area (Å²) < 4.78 is 35.1. The summed E-state index contributed by atoms with van der Waals surface area (Å²) in [7, 11) is -1.93. The molecule has 2 aliphatic rings. The Morgan fingerprint density at radius 3 is 2.61 bits per heavy atom. The van der Waals surface area contributed by atoms with Crippen LogP contribution in [0.4, 0.5) is 0 Å².